The van der Waals surface area contributed by atoms with Gasteiger partial charge in [-0.1, -0.05) is 12.2 Å². The van der Waals surface area contributed by atoms with Gasteiger partial charge in [0.1, 0.15) is 0 Å². The van der Waals surface area contributed by atoms with Gasteiger partial charge in [0.2, 0.25) is 0 Å². The standard InChI is InChI=1S/C10H12N4/c1-7(2)10(11)8-5-13-14-4-3-12-6-9(8)14/h3-6,10H,1,11H2,2H3. The molecule has 0 bridgehead atoms. The molecule has 0 aliphatic rings. The number of fused-ring (bicyclic) bond motifs is 1. The third-order valence-corrected chi connectivity index (χ3v) is 2.22. The van der Waals surface area contributed by atoms with Crippen molar-refractivity contribution in [2.45, 2.75) is 13.0 Å². The number of aromatic nitrogens is 3. The van der Waals surface area contributed by atoms with Crippen LogP contribution in [-0.4, -0.2) is 14.6 Å². The highest BCUT2D eigenvalue weighted by Gasteiger charge is 2.12. The van der Waals surface area contributed by atoms with Crippen LogP contribution < -0.4 is 5.73 Å². The van der Waals surface area contributed by atoms with Crippen LogP contribution >= 0.6 is 0 Å². The topological polar surface area (TPSA) is 56.2 Å². The highest BCUT2D eigenvalue weighted by atomic mass is 15.2. The van der Waals surface area contributed by atoms with E-state index in [0.717, 1.165) is 16.7 Å². The van der Waals surface area contributed by atoms with E-state index in [1.165, 1.54) is 0 Å². The number of hydrogen-bond donors (Lipinski definition) is 1. The molecular formula is C10H12N4. The van der Waals surface area contributed by atoms with Crippen molar-refractivity contribution >= 4 is 5.52 Å². The van der Waals surface area contributed by atoms with Gasteiger partial charge in [0.25, 0.3) is 0 Å². The second-order valence-electron chi connectivity index (χ2n) is 3.33. The van der Waals surface area contributed by atoms with Gasteiger partial charge in [-0.2, -0.15) is 5.10 Å². The molecule has 0 aromatic carbocycles. The van der Waals surface area contributed by atoms with E-state index in [2.05, 4.69) is 16.7 Å². The molecule has 2 rings (SSSR count). The fourth-order valence-corrected chi connectivity index (χ4v) is 1.36. The molecule has 14 heavy (non-hydrogen) atoms. The van der Waals surface area contributed by atoms with Crippen molar-refractivity contribution < 1.29 is 0 Å². The Morgan fingerprint density at radius 3 is 3.07 bits per heavy atom. The maximum Gasteiger partial charge on any atom is 0.0895 e. The Labute approximate surface area is 82.1 Å². The molecule has 1 unspecified atom stereocenters. The van der Waals surface area contributed by atoms with Gasteiger partial charge < -0.3 is 5.73 Å². The van der Waals surface area contributed by atoms with Crippen molar-refractivity contribution in [3.05, 3.63) is 42.5 Å². The molecule has 0 aliphatic carbocycles. The van der Waals surface area contributed by atoms with Gasteiger partial charge >= 0.3 is 0 Å². The van der Waals surface area contributed by atoms with Crippen LogP contribution in [0.5, 0.6) is 0 Å². The van der Waals surface area contributed by atoms with Crippen molar-refractivity contribution in [1.29, 1.82) is 0 Å². The molecular weight excluding hydrogens is 176 g/mol. The van der Waals surface area contributed by atoms with E-state index in [9.17, 15) is 0 Å². The normalized spacial score (nSPS) is 13.0. The molecule has 0 saturated heterocycles. The monoisotopic (exact) mass is 188 g/mol. The largest absolute Gasteiger partial charge is 0.320 e. The van der Waals surface area contributed by atoms with Crippen LogP contribution in [0.15, 0.2) is 36.9 Å². The first-order chi connectivity index (χ1) is 6.70. The first kappa shape index (κ1) is 8.90. The van der Waals surface area contributed by atoms with Crippen LogP contribution in [-0.2, 0) is 0 Å². The molecule has 4 nitrogen and oxygen atoms in total. The fraction of sp³-hybridized carbons (Fsp3) is 0.200. The molecule has 0 amide bonds. The smallest absolute Gasteiger partial charge is 0.0895 e. The summed E-state index contributed by atoms with van der Waals surface area (Å²) < 4.78 is 1.76. The number of nitrogens with two attached hydrogens (primary N) is 1. The molecule has 0 saturated carbocycles. The number of nitrogens with zero attached hydrogens (tertiary/aromatic N) is 3. The average molecular weight is 188 g/mol. The summed E-state index contributed by atoms with van der Waals surface area (Å²) in [6.07, 6.45) is 7.00. The second kappa shape index (κ2) is 3.23. The fourth-order valence-electron chi connectivity index (χ4n) is 1.36. The van der Waals surface area contributed by atoms with E-state index in [1.54, 1.807) is 29.3 Å². The summed E-state index contributed by atoms with van der Waals surface area (Å²) in [5.41, 5.74) is 8.78. The van der Waals surface area contributed by atoms with Gasteiger partial charge in [-0.25, -0.2) is 4.52 Å². The number of hydrogen-bond acceptors (Lipinski definition) is 3. The highest BCUT2D eigenvalue weighted by molar-refractivity contribution is 5.54. The van der Waals surface area contributed by atoms with E-state index in [-0.39, 0.29) is 6.04 Å². The minimum atomic E-state index is -0.170. The lowest BCUT2D eigenvalue weighted by molar-refractivity contribution is 0.858. The van der Waals surface area contributed by atoms with Gasteiger partial charge in [0.15, 0.2) is 0 Å². The molecule has 0 radical (unpaired) electrons. The predicted octanol–water partition coefficient (Wildman–Crippen LogP) is 1.31. The molecule has 2 aromatic rings. The second-order valence-corrected chi connectivity index (χ2v) is 3.33. The van der Waals surface area contributed by atoms with Crippen LogP contribution in [0.4, 0.5) is 0 Å². The Morgan fingerprint density at radius 2 is 2.36 bits per heavy atom. The van der Waals surface area contributed by atoms with Crippen LogP contribution in [0, 0.1) is 0 Å². The molecule has 0 aliphatic heterocycles. The lowest BCUT2D eigenvalue weighted by Crippen LogP contribution is -2.10. The van der Waals surface area contributed by atoms with Gasteiger partial charge in [0, 0.05) is 18.0 Å². The van der Waals surface area contributed by atoms with Crippen molar-refractivity contribution in [3.8, 4) is 0 Å². The first-order valence-electron chi connectivity index (χ1n) is 4.38. The third-order valence-electron chi connectivity index (χ3n) is 2.22. The summed E-state index contributed by atoms with van der Waals surface area (Å²) in [5, 5.41) is 4.18. The molecule has 1 atom stereocenters. The van der Waals surface area contributed by atoms with Crippen LogP contribution in [0.3, 0.4) is 0 Å². The molecule has 0 fully saturated rings. The van der Waals surface area contributed by atoms with Crippen molar-refractivity contribution in [2.24, 2.45) is 5.73 Å². The molecule has 2 N–H and O–H groups in total. The third kappa shape index (κ3) is 1.29. The summed E-state index contributed by atoms with van der Waals surface area (Å²) in [6, 6.07) is -0.170. The molecule has 4 heteroatoms. The van der Waals surface area contributed by atoms with Crippen molar-refractivity contribution in [3.63, 3.8) is 0 Å². The zero-order chi connectivity index (χ0) is 10.1. The van der Waals surface area contributed by atoms with E-state index in [1.807, 2.05) is 6.92 Å². The zero-order valence-electron chi connectivity index (χ0n) is 8.01. The summed E-state index contributed by atoms with van der Waals surface area (Å²) in [6.45, 7) is 5.74. The SMILES string of the molecule is C=C(C)C(N)c1cnn2ccncc12. The molecule has 0 spiro atoms. The maximum absolute atomic E-state index is 5.97. The maximum atomic E-state index is 5.97. The zero-order valence-corrected chi connectivity index (χ0v) is 8.01. The lowest BCUT2D eigenvalue weighted by Gasteiger charge is -2.08. The lowest BCUT2D eigenvalue weighted by atomic mass is 10.0. The van der Waals surface area contributed by atoms with Gasteiger partial charge in [-0.3, -0.25) is 4.98 Å². The van der Waals surface area contributed by atoms with Gasteiger partial charge in [-0.05, 0) is 6.92 Å². The Kier molecular flexibility index (Phi) is 2.05. The van der Waals surface area contributed by atoms with Crippen LogP contribution in [0.2, 0.25) is 0 Å². The summed E-state index contributed by atoms with van der Waals surface area (Å²) in [4.78, 5) is 4.04. The summed E-state index contributed by atoms with van der Waals surface area (Å²) in [7, 11) is 0. The molecule has 2 aromatic heterocycles. The quantitative estimate of drug-likeness (QED) is 0.723. The first-order valence-corrected chi connectivity index (χ1v) is 4.38. The molecule has 72 valence electrons. The predicted molar refractivity (Wildman–Crippen MR) is 54.7 cm³/mol. The molecule has 2 heterocycles. The van der Waals surface area contributed by atoms with Crippen LogP contribution in [0.1, 0.15) is 18.5 Å². The Balaban J connectivity index is 2.58. The Hall–Kier alpha value is -1.68. The van der Waals surface area contributed by atoms with Crippen LogP contribution in [0.25, 0.3) is 5.52 Å². The van der Waals surface area contributed by atoms with E-state index >= 15 is 0 Å². The van der Waals surface area contributed by atoms with Crippen molar-refractivity contribution in [1.82, 2.24) is 14.6 Å². The Morgan fingerprint density at radius 1 is 1.57 bits per heavy atom. The van der Waals surface area contributed by atoms with E-state index in [0.29, 0.717) is 0 Å². The van der Waals surface area contributed by atoms with Crippen molar-refractivity contribution in [2.75, 3.05) is 0 Å². The average Bonchev–Trinajstić information content (AvgIpc) is 2.60. The Bertz CT molecular complexity index is 472. The number of rotatable bonds is 2. The van der Waals surface area contributed by atoms with E-state index in [4.69, 9.17) is 5.73 Å². The summed E-state index contributed by atoms with van der Waals surface area (Å²) in [5.74, 6) is 0. The minimum absolute atomic E-state index is 0.170. The minimum Gasteiger partial charge on any atom is -0.320 e. The van der Waals surface area contributed by atoms with Gasteiger partial charge in [0.05, 0.1) is 24.0 Å². The highest BCUT2D eigenvalue weighted by Crippen LogP contribution is 2.20. The van der Waals surface area contributed by atoms with E-state index < -0.39 is 0 Å². The van der Waals surface area contributed by atoms with Gasteiger partial charge in [-0.15, -0.1) is 0 Å². The summed E-state index contributed by atoms with van der Waals surface area (Å²) >= 11 is 0.